The van der Waals surface area contributed by atoms with E-state index >= 15 is 0 Å². The molecule has 3 rings (SSSR count). The lowest BCUT2D eigenvalue weighted by atomic mass is 10.1. The molecule has 0 saturated carbocycles. The number of fused-ring (bicyclic) bond motifs is 1. The number of halogens is 2. The summed E-state index contributed by atoms with van der Waals surface area (Å²) in [7, 11) is 0. The third-order valence-electron chi connectivity index (χ3n) is 3.35. The van der Waals surface area contributed by atoms with E-state index in [1.54, 1.807) is 0 Å². The summed E-state index contributed by atoms with van der Waals surface area (Å²) in [4.78, 5) is 7.90. The van der Waals surface area contributed by atoms with Crippen LogP contribution in [0.15, 0.2) is 36.5 Å². The molecule has 19 heavy (non-hydrogen) atoms. The largest absolute Gasteiger partial charge is 0.357 e. The number of H-pyrrole nitrogens is 1. The van der Waals surface area contributed by atoms with Gasteiger partial charge >= 0.3 is 0 Å². The van der Waals surface area contributed by atoms with Crippen LogP contribution in [0.1, 0.15) is 11.3 Å². The van der Waals surface area contributed by atoms with Crippen LogP contribution in [-0.2, 0) is 0 Å². The highest BCUT2D eigenvalue weighted by atomic mass is 35.5. The van der Waals surface area contributed by atoms with Crippen LogP contribution in [0.3, 0.4) is 0 Å². The molecular weight excluding hydrogens is 279 g/mol. The molecule has 2 aromatic heterocycles. The summed E-state index contributed by atoms with van der Waals surface area (Å²) in [5.74, 6) is 0. The van der Waals surface area contributed by atoms with E-state index in [1.807, 2.05) is 36.5 Å². The number of nitrogens with zero attached hydrogens (tertiary/aromatic N) is 1. The molecule has 0 amide bonds. The fraction of sp³-hybridized carbons (Fsp3) is 0.133. The molecule has 0 unspecified atom stereocenters. The van der Waals surface area contributed by atoms with Crippen LogP contribution < -0.4 is 0 Å². The maximum Gasteiger partial charge on any atom is 0.0942 e. The quantitative estimate of drug-likeness (QED) is 0.677. The SMILES string of the molecule is Cc1[nH]c2c(-c3ccc(Cl)cc3)nccc2c1C.Cl. The van der Waals surface area contributed by atoms with Crippen LogP contribution in [0, 0.1) is 13.8 Å². The van der Waals surface area contributed by atoms with Gasteiger partial charge in [0.05, 0.1) is 11.2 Å². The molecule has 0 saturated heterocycles. The van der Waals surface area contributed by atoms with E-state index in [-0.39, 0.29) is 12.4 Å². The molecule has 0 aliphatic rings. The van der Waals surface area contributed by atoms with Gasteiger partial charge in [0.15, 0.2) is 0 Å². The fourth-order valence-corrected chi connectivity index (χ4v) is 2.34. The molecule has 0 aliphatic heterocycles. The van der Waals surface area contributed by atoms with Crippen molar-refractivity contribution in [1.29, 1.82) is 0 Å². The van der Waals surface area contributed by atoms with Gasteiger partial charge in [0, 0.05) is 27.9 Å². The Kier molecular flexibility index (Phi) is 3.83. The van der Waals surface area contributed by atoms with Crippen LogP contribution >= 0.6 is 24.0 Å². The molecule has 0 radical (unpaired) electrons. The molecular formula is C15H14Cl2N2. The molecule has 1 aromatic carbocycles. The number of aromatic amines is 1. The average molecular weight is 293 g/mol. The lowest BCUT2D eigenvalue weighted by Gasteiger charge is -2.02. The molecule has 0 spiro atoms. The van der Waals surface area contributed by atoms with Crippen molar-refractivity contribution in [3.05, 3.63) is 52.8 Å². The van der Waals surface area contributed by atoms with Crippen LogP contribution in [0.25, 0.3) is 22.2 Å². The lowest BCUT2D eigenvalue weighted by Crippen LogP contribution is -1.85. The number of benzene rings is 1. The second-order valence-electron chi connectivity index (χ2n) is 4.46. The van der Waals surface area contributed by atoms with Gasteiger partial charge in [-0.15, -0.1) is 12.4 Å². The Balaban J connectivity index is 0.00000133. The normalized spacial score (nSPS) is 10.5. The molecule has 3 aromatic rings. The zero-order valence-electron chi connectivity index (χ0n) is 10.7. The van der Waals surface area contributed by atoms with E-state index < -0.39 is 0 Å². The standard InChI is InChI=1S/C15H13ClN2.ClH/c1-9-10(2)18-15-13(9)7-8-17-14(15)11-3-5-12(16)6-4-11;/h3-8,18H,1-2H3;1H. The Hall–Kier alpha value is -1.51. The maximum atomic E-state index is 5.92. The molecule has 0 atom stereocenters. The first kappa shape index (κ1) is 13.9. The third-order valence-corrected chi connectivity index (χ3v) is 3.60. The van der Waals surface area contributed by atoms with Crippen LogP contribution in [-0.4, -0.2) is 9.97 Å². The van der Waals surface area contributed by atoms with E-state index in [2.05, 4.69) is 23.8 Å². The molecule has 1 N–H and O–H groups in total. The van der Waals surface area contributed by atoms with E-state index in [9.17, 15) is 0 Å². The van der Waals surface area contributed by atoms with Gasteiger partial charge in [-0.3, -0.25) is 4.98 Å². The van der Waals surface area contributed by atoms with Gasteiger partial charge in [-0.05, 0) is 37.6 Å². The molecule has 0 aliphatic carbocycles. The Morgan fingerprint density at radius 3 is 2.42 bits per heavy atom. The first-order valence-corrected chi connectivity index (χ1v) is 6.24. The zero-order chi connectivity index (χ0) is 12.7. The molecule has 98 valence electrons. The number of pyridine rings is 1. The monoisotopic (exact) mass is 292 g/mol. The Morgan fingerprint density at radius 1 is 1.05 bits per heavy atom. The second kappa shape index (κ2) is 5.24. The van der Waals surface area contributed by atoms with Crippen molar-refractivity contribution in [3.63, 3.8) is 0 Å². The number of rotatable bonds is 1. The fourth-order valence-electron chi connectivity index (χ4n) is 2.21. The van der Waals surface area contributed by atoms with Gasteiger partial charge in [0.25, 0.3) is 0 Å². The van der Waals surface area contributed by atoms with Crippen molar-refractivity contribution in [2.45, 2.75) is 13.8 Å². The van der Waals surface area contributed by atoms with E-state index in [4.69, 9.17) is 11.6 Å². The van der Waals surface area contributed by atoms with E-state index in [0.29, 0.717) is 0 Å². The Morgan fingerprint density at radius 2 is 1.74 bits per heavy atom. The van der Waals surface area contributed by atoms with Crippen molar-refractivity contribution >= 4 is 34.9 Å². The van der Waals surface area contributed by atoms with Gasteiger partial charge in [-0.1, -0.05) is 23.7 Å². The highest BCUT2D eigenvalue weighted by Gasteiger charge is 2.10. The summed E-state index contributed by atoms with van der Waals surface area (Å²) < 4.78 is 0. The van der Waals surface area contributed by atoms with E-state index in [0.717, 1.165) is 21.8 Å². The van der Waals surface area contributed by atoms with Crippen molar-refractivity contribution in [2.24, 2.45) is 0 Å². The van der Waals surface area contributed by atoms with Gasteiger partial charge in [-0.25, -0.2) is 0 Å². The summed E-state index contributed by atoms with van der Waals surface area (Å²) in [6.07, 6.45) is 1.85. The Labute approximate surface area is 123 Å². The van der Waals surface area contributed by atoms with Crippen molar-refractivity contribution < 1.29 is 0 Å². The van der Waals surface area contributed by atoms with Crippen LogP contribution in [0.5, 0.6) is 0 Å². The summed E-state index contributed by atoms with van der Waals surface area (Å²) >= 11 is 5.92. The smallest absolute Gasteiger partial charge is 0.0942 e. The first-order chi connectivity index (χ1) is 8.66. The third kappa shape index (κ3) is 2.34. The minimum atomic E-state index is 0. The first-order valence-electron chi connectivity index (χ1n) is 5.86. The predicted octanol–water partition coefficient (Wildman–Crippen LogP) is 4.92. The minimum Gasteiger partial charge on any atom is -0.357 e. The molecule has 2 heterocycles. The summed E-state index contributed by atoms with van der Waals surface area (Å²) in [5.41, 5.74) is 5.61. The molecule has 4 heteroatoms. The van der Waals surface area contributed by atoms with E-state index in [1.165, 1.54) is 16.6 Å². The summed E-state index contributed by atoms with van der Waals surface area (Å²) in [6, 6.07) is 9.82. The zero-order valence-corrected chi connectivity index (χ0v) is 12.3. The predicted molar refractivity (Wildman–Crippen MR) is 83.3 cm³/mol. The number of hydrogen-bond acceptors (Lipinski definition) is 1. The number of aryl methyl sites for hydroxylation is 2. The van der Waals surface area contributed by atoms with Crippen molar-refractivity contribution in [1.82, 2.24) is 9.97 Å². The van der Waals surface area contributed by atoms with Gasteiger partial charge < -0.3 is 4.98 Å². The van der Waals surface area contributed by atoms with Crippen molar-refractivity contribution in [2.75, 3.05) is 0 Å². The summed E-state index contributed by atoms with van der Waals surface area (Å²) in [6.45, 7) is 4.21. The van der Waals surface area contributed by atoms with Crippen LogP contribution in [0.2, 0.25) is 5.02 Å². The van der Waals surface area contributed by atoms with Gasteiger partial charge in [0.1, 0.15) is 0 Å². The number of hydrogen-bond donors (Lipinski definition) is 1. The molecule has 2 nitrogen and oxygen atoms in total. The highest BCUT2D eigenvalue weighted by Crippen LogP contribution is 2.29. The minimum absolute atomic E-state index is 0. The lowest BCUT2D eigenvalue weighted by molar-refractivity contribution is 1.25. The highest BCUT2D eigenvalue weighted by molar-refractivity contribution is 6.30. The van der Waals surface area contributed by atoms with Crippen molar-refractivity contribution in [3.8, 4) is 11.3 Å². The molecule has 0 fully saturated rings. The number of aromatic nitrogens is 2. The summed E-state index contributed by atoms with van der Waals surface area (Å²) in [5, 5.41) is 1.97. The second-order valence-corrected chi connectivity index (χ2v) is 4.90. The molecule has 0 bridgehead atoms. The Bertz CT molecular complexity index is 715. The number of nitrogens with one attached hydrogen (secondary N) is 1. The van der Waals surface area contributed by atoms with Gasteiger partial charge in [0.2, 0.25) is 0 Å². The topological polar surface area (TPSA) is 28.7 Å². The maximum absolute atomic E-state index is 5.92. The average Bonchev–Trinajstić information content (AvgIpc) is 2.67. The van der Waals surface area contributed by atoms with Crippen LogP contribution in [0.4, 0.5) is 0 Å². The van der Waals surface area contributed by atoms with Gasteiger partial charge in [-0.2, -0.15) is 0 Å².